The first-order chi connectivity index (χ1) is 20.4. The Morgan fingerprint density at radius 2 is 1.68 bits per heavy atom. The molecule has 5 N–H and O–H groups in total. The minimum Gasteiger partial charge on any atom is -0.508 e. The van der Waals surface area contributed by atoms with Gasteiger partial charge in [0.25, 0.3) is 17.7 Å². The molecule has 0 aliphatic rings. The molecule has 0 radical (unpaired) electrons. The summed E-state index contributed by atoms with van der Waals surface area (Å²) < 4.78 is 70.3. The molecule has 0 bridgehead atoms. The highest BCUT2D eigenvalue weighted by Crippen LogP contribution is 2.31. The Morgan fingerprint density at radius 1 is 1.05 bits per heavy atom. The highest BCUT2D eigenvalue weighted by Gasteiger charge is 2.43. The van der Waals surface area contributed by atoms with Gasteiger partial charge in [-0.25, -0.2) is 8.78 Å². The van der Waals surface area contributed by atoms with Gasteiger partial charge in [0.05, 0.1) is 24.2 Å². The zero-order valence-electron chi connectivity index (χ0n) is 24.6. The zero-order chi connectivity index (χ0) is 33.4. The van der Waals surface area contributed by atoms with Crippen molar-refractivity contribution < 1.29 is 46.9 Å². The van der Waals surface area contributed by atoms with Crippen LogP contribution in [-0.2, 0) is 17.4 Å². The van der Waals surface area contributed by atoms with Crippen molar-refractivity contribution in [3.05, 3.63) is 90.0 Å². The second kappa shape index (κ2) is 15.3. The van der Waals surface area contributed by atoms with Crippen LogP contribution in [0.2, 0.25) is 0 Å². The molecule has 2 amide bonds. The van der Waals surface area contributed by atoms with Gasteiger partial charge in [0.1, 0.15) is 12.0 Å². The third-order valence-corrected chi connectivity index (χ3v) is 7.12. The van der Waals surface area contributed by atoms with Crippen molar-refractivity contribution in [3.8, 4) is 5.75 Å². The van der Waals surface area contributed by atoms with E-state index in [4.69, 9.17) is 0 Å². The molecule has 0 spiro atoms. The largest absolute Gasteiger partial charge is 0.508 e. The number of nitrogens with one attached hydrogen (secondary N) is 2. The molecule has 2 aromatic carbocycles. The van der Waals surface area contributed by atoms with Crippen molar-refractivity contribution in [1.29, 1.82) is 0 Å². The van der Waals surface area contributed by atoms with Crippen LogP contribution in [0.5, 0.6) is 5.75 Å². The van der Waals surface area contributed by atoms with Crippen molar-refractivity contribution in [1.82, 2.24) is 15.5 Å². The number of hydrogen-bond acceptors (Lipinski definition) is 6. The quantitative estimate of drug-likeness (QED) is 0.115. The lowest BCUT2D eigenvalue weighted by atomic mass is 9.96. The summed E-state index contributed by atoms with van der Waals surface area (Å²) in [6, 6.07) is 4.86. The maximum absolute atomic E-state index is 15.0. The number of carbonyl (C=O) groups is 2. The van der Waals surface area contributed by atoms with Crippen LogP contribution in [0.25, 0.3) is 0 Å². The normalized spacial score (nSPS) is 14.8. The number of benzene rings is 2. The van der Waals surface area contributed by atoms with Gasteiger partial charge >= 0.3 is 6.18 Å². The molecule has 2 rings (SSSR count). The van der Waals surface area contributed by atoms with Crippen LogP contribution in [0.1, 0.15) is 40.9 Å². The molecular formula is C31H38F5N3O5. The Labute approximate surface area is 252 Å². The van der Waals surface area contributed by atoms with Gasteiger partial charge in [0, 0.05) is 23.6 Å². The lowest BCUT2D eigenvalue weighted by Gasteiger charge is -2.38. The second-order valence-corrected chi connectivity index (χ2v) is 10.6. The van der Waals surface area contributed by atoms with Crippen LogP contribution in [-0.4, -0.2) is 75.5 Å². The summed E-state index contributed by atoms with van der Waals surface area (Å²) in [7, 11) is 0. The fourth-order valence-electron chi connectivity index (χ4n) is 4.32. The average Bonchev–Trinajstić information content (AvgIpc) is 2.95. The molecule has 1 unspecified atom stereocenters. The van der Waals surface area contributed by atoms with Gasteiger partial charge in [-0.15, -0.1) is 13.2 Å². The van der Waals surface area contributed by atoms with Gasteiger partial charge in [-0.1, -0.05) is 50.3 Å². The van der Waals surface area contributed by atoms with E-state index in [9.17, 15) is 38.1 Å². The Balaban J connectivity index is 2.59. The average molecular weight is 628 g/mol. The van der Waals surface area contributed by atoms with E-state index in [0.29, 0.717) is 4.90 Å². The van der Waals surface area contributed by atoms with Gasteiger partial charge in [0.2, 0.25) is 0 Å². The molecule has 0 fully saturated rings. The predicted molar refractivity (Wildman–Crippen MR) is 155 cm³/mol. The Hall–Kier alpha value is -3.81. The highest BCUT2D eigenvalue weighted by atomic mass is 19.4. The Bertz CT molecular complexity index is 1320. The van der Waals surface area contributed by atoms with Crippen LogP contribution < -0.4 is 10.6 Å². The summed E-state index contributed by atoms with van der Waals surface area (Å²) in [6.07, 6.45) is -6.74. The fraction of sp³-hybridized carbons (Fsp3) is 0.419. The van der Waals surface area contributed by atoms with E-state index in [1.165, 1.54) is 51.1 Å². The first kappa shape index (κ1) is 36.4. The summed E-state index contributed by atoms with van der Waals surface area (Å²) in [6.45, 7) is 9.63. The number of alkyl halides is 5. The maximum atomic E-state index is 15.0. The number of rotatable bonds is 15. The highest BCUT2D eigenvalue weighted by molar-refractivity contribution is 5.97. The molecule has 4 atom stereocenters. The van der Waals surface area contributed by atoms with Crippen molar-refractivity contribution >= 4 is 11.8 Å². The molecule has 2 aromatic rings. The maximum Gasteiger partial charge on any atom is 0.416 e. The minimum atomic E-state index is -4.72. The summed E-state index contributed by atoms with van der Waals surface area (Å²) in [5, 5.41) is 37.0. The zero-order valence-corrected chi connectivity index (χ0v) is 24.6. The molecule has 0 aliphatic heterocycles. The smallest absolute Gasteiger partial charge is 0.416 e. The topological polar surface area (TPSA) is 122 Å². The number of phenolic OH excluding ortho intramolecular Hbond substituents is 1. The molecule has 13 heteroatoms. The molecule has 0 heterocycles. The number of aliphatic hydroxyl groups is 2. The molecule has 0 saturated carbocycles. The first-order valence-electron chi connectivity index (χ1n) is 13.7. The Morgan fingerprint density at radius 3 is 2.25 bits per heavy atom. The lowest BCUT2D eigenvalue weighted by molar-refractivity contribution is -0.155. The molecule has 0 saturated heterocycles. The van der Waals surface area contributed by atoms with Gasteiger partial charge in [-0.3, -0.25) is 14.9 Å². The van der Waals surface area contributed by atoms with E-state index in [2.05, 4.69) is 23.8 Å². The van der Waals surface area contributed by atoms with Crippen LogP contribution in [0.15, 0.2) is 67.8 Å². The molecular weight excluding hydrogens is 589 g/mol. The lowest BCUT2D eigenvalue weighted by Crippen LogP contribution is -2.60. The van der Waals surface area contributed by atoms with E-state index in [-0.39, 0.29) is 29.0 Å². The summed E-state index contributed by atoms with van der Waals surface area (Å²) in [4.78, 5) is 27.5. The van der Waals surface area contributed by atoms with Crippen LogP contribution in [0.3, 0.4) is 0 Å². The van der Waals surface area contributed by atoms with E-state index in [0.717, 1.165) is 24.3 Å². The SMILES string of the molecule is C=CCNC(O)[C@H](C=C)N(CC(F)(F)C(C)C)C(=O)[C@@H](O)[C@H](Cc1cccc(C(F)(F)F)c1)NC(=O)c1cccc(O)c1C. The third-order valence-electron chi connectivity index (χ3n) is 7.12. The van der Waals surface area contributed by atoms with Gasteiger partial charge in [0.15, 0.2) is 6.10 Å². The van der Waals surface area contributed by atoms with Crippen molar-refractivity contribution in [3.63, 3.8) is 0 Å². The first-order valence-corrected chi connectivity index (χ1v) is 13.7. The molecule has 8 nitrogen and oxygen atoms in total. The molecule has 242 valence electrons. The number of amides is 2. The van der Waals surface area contributed by atoms with Crippen molar-refractivity contribution in [2.24, 2.45) is 5.92 Å². The summed E-state index contributed by atoms with van der Waals surface area (Å²) >= 11 is 0. The van der Waals surface area contributed by atoms with E-state index in [1.54, 1.807) is 0 Å². The number of aromatic hydroxyl groups is 1. The fourth-order valence-corrected chi connectivity index (χ4v) is 4.32. The van der Waals surface area contributed by atoms with Gasteiger partial charge in [-0.2, -0.15) is 13.2 Å². The van der Waals surface area contributed by atoms with E-state index < -0.39 is 72.8 Å². The molecule has 0 aromatic heterocycles. The van der Waals surface area contributed by atoms with Crippen LogP contribution in [0.4, 0.5) is 22.0 Å². The monoisotopic (exact) mass is 627 g/mol. The standard InChI is InChI=1S/C31H38F5N3O5/c1-6-14-37-28(43)24(7-2)39(17-30(32,33)18(3)4)29(44)26(41)23(16-20-10-8-11-21(15-20)31(34,35)36)38-27(42)22-12-9-13-25(40)19(22)5/h6-13,15,18,23-24,26,28,37,40-41,43H,1-2,14,16-17H2,3-5H3,(H,38,42)/t23-,24-,26-,28?/m0/s1. The minimum absolute atomic E-state index is 0.0220. The van der Waals surface area contributed by atoms with Crippen LogP contribution >= 0.6 is 0 Å². The molecule has 0 aliphatic carbocycles. The Kier molecular flexibility index (Phi) is 12.6. The number of halogens is 5. The van der Waals surface area contributed by atoms with E-state index >= 15 is 8.78 Å². The van der Waals surface area contributed by atoms with E-state index in [1.807, 2.05) is 0 Å². The van der Waals surface area contributed by atoms with Crippen LogP contribution in [0, 0.1) is 12.8 Å². The number of nitrogens with zero attached hydrogens (tertiary/aromatic N) is 1. The second-order valence-electron chi connectivity index (χ2n) is 10.6. The predicted octanol–water partition coefficient (Wildman–Crippen LogP) is 4.19. The summed E-state index contributed by atoms with van der Waals surface area (Å²) in [5.74, 6) is -7.25. The number of hydrogen-bond donors (Lipinski definition) is 5. The third kappa shape index (κ3) is 9.34. The van der Waals surface area contributed by atoms with Gasteiger partial charge < -0.3 is 25.5 Å². The summed E-state index contributed by atoms with van der Waals surface area (Å²) in [5.41, 5.74) is -0.970. The number of phenols is 1. The van der Waals surface area contributed by atoms with Crippen molar-refractivity contribution in [2.75, 3.05) is 13.1 Å². The molecule has 44 heavy (non-hydrogen) atoms. The number of aliphatic hydroxyl groups excluding tert-OH is 2. The number of carbonyl (C=O) groups excluding carboxylic acids is 2. The van der Waals surface area contributed by atoms with Crippen molar-refractivity contribution in [2.45, 2.75) is 63.7 Å². The van der Waals surface area contributed by atoms with Gasteiger partial charge in [-0.05, 0) is 37.1 Å².